The van der Waals surface area contributed by atoms with Crippen molar-refractivity contribution in [1.29, 1.82) is 15.8 Å². The molecule has 1 aliphatic carbocycles. The fraction of sp³-hybridized carbons (Fsp3) is 0.130. The van der Waals surface area contributed by atoms with Crippen LogP contribution < -0.4 is 10.6 Å². The average molecular weight is 379 g/mol. The highest BCUT2D eigenvalue weighted by Crippen LogP contribution is 2.33. The van der Waals surface area contributed by atoms with Crippen molar-refractivity contribution in [1.82, 2.24) is 0 Å². The molecule has 6 nitrogen and oxygen atoms in total. The highest BCUT2D eigenvalue weighted by atomic mass is 16.1. The topological polar surface area (TPSA) is 112 Å². The maximum Gasteiger partial charge on any atom is 0.163 e. The maximum absolute atomic E-state index is 12.3. The molecule has 3 rings (SSSR count). The van der Waals surface area contributed by atoms with Crippen molar-refractivity contribution in [3.8, 4) is 18.2 Å². The molecule has 140 valence electrons. The van der Waals surface area contributed by atoms with Crippen molar-refractivity contribution in [2.45, 2.75) is 18.8 Å². The van der Waals surface area contributed by atoms with E-state index in [4.69, 9.17) is 10.5 Å². The van der Waals surface area contributed by atoms with Crippen LogP contribution >= 0.6 is 0 Å². The zero-order valence-electron chi connectivity index (χ0n) is 15.5. The lowest BCUT2D eigenvalue weighted by Crippen LogP contribution is -2.17. The number of nitriles is 3. The molecule has 1 unspecified atom stereocenters. The predicted molar refractivity (Wildman–Crippen MR) is 109 cm³/mol. The van der Waals surface area contributed by atoms with Crippen LogP contribution in [-0.4, -0.2) is 5.78 Å². The monoisotopic (exact) mass is 379 g/mol. The summed E-state index contributed by atoms with van der Waals surface area (Å²) in [6, 6.07) is 22.3. The molecule has 0 saturated carbocycles. The minimum atomic E-state index is -0.293. The van der Waals surface area contributed by atoms with Gasteiger partial charge in [0.05, 0.1) is 11.4 Å². The second kappa shape index (κ2) is 9.04. The highest BCUT2D eigenvalue weighted by Gasteiger charge is 2.22. The Bertz CT molecular complexity index is 1090. The molecule has 0 heterocycles. The van der Waals surface area contributed by atoms with Crippen LogP contribution in [0.5, 0.6) is 0 Å². The van der Waals surface area contributed by atoms with Crippen molar-refractivity contribution in [3.63, 3.8) is 0 Å². The molecule has 0 amide bonds. The molecule has 0 bridgehead atoms. The molecule has 0 spiro atoms. The van der Waals surface area contributed by atoms with E-state index in [2.05, 4.69) is 10.6 Å². The number of benzene rings is 2. The number of hydrogen-bond donors (Lipinski definition) is 2. The molecule has 1 aliphatic rings. The summed E-state index contributed by atoms with van der Waals surface area (Å²) in [5.41, 5.74) is 2.64. The van der Waals surface area contributed by atoms with Gasteiger partial charge in [-0.3, -0.25) is 4.79 Å². The summed E-state index contributed by atoms with van der Waals surface area (Å²) in [6.07, 6.45) is 2.74. The standard InChI is InChI=1S/C23H17N5O/c24-13-18(14-25)23(15-26)28-22-9-5-4-8-21(22)27-19-10-17(11-20(29)12-19)16-6-2-1-3-7-16/h1-9,12,17,27-28H,10-11H2. The number of carbonyl (C=O) groups excluding carboxylic acids is 1. The molecular weight excluding hydrogens is 362 g/mol. The number of rotatable bonds is 5. The Morgan fingerprint density at radius 2 is 1.52 bits per heavy atom. The first kappa shape index (κ1) is 19.4. The third-order valence-electron chi connectivity index (χ3n) is 4.59. The van der Waals surface area contributed by atoms with Gasteiger partial charge in [0.25, 0.3) is 0 Å². The first-order valence-corrected chi connectivity index (χ1v) is 9.00. The van der Waals surface area contributed by atoms with Gasteiger partial charge in [-0.1, -0.05) is 42.5 Å². The summed E-state index contributed by atoms with van der Waals surface area (Å²) in [7, 11) is 0. The molecule has 29 heavy (non-hydrogen) atoms. The van der Waals surface area contributed by atoms with Crippen LogP contribution in [0.2, 0.25) is 0 Å². The number of ketones is 1. The number of para-hydroxylation sites is 2. The van der Waals surface area contributed by atoms with Crippen LogP contribution in [0.4, 0.5) is 11.4 Å². The lowest BCUT2D eigenvalue weighted by molar-refractivity contribution is -0.115. The Hall–Kier alpha value is -4.34. The van der Waals surface area contributed by atoms with Gasteiger partial charge in [0.2, 0.25) is 0 Å². The zero-order chi connectivity index (χ0) is 20.6. The van der Waals surface area contributed by atoms with Gasteiger partial charge in [-0.2, -0.15) is 15.8 Å². The van der Waals surface area contributed by atoms with Crippen molar-refractivity contribution >= 4 is 17.2 Å². The van der Waals surface area contributed by atoms with Crippen molar-refractivity contribution in [2.75, 3.05) is 10.6 Å². The van der Waals surface area contributed by atoms with E-state index < -0.39 is 0 Å². The fourth-order valence-electron chi connectivity index (χ4n) is 3.23. The van der Waals surface area contributed by atoms with Crippen LogP contribution in [0.1, 0.15) is 24.3 Å². The summed E-state index contributed by atoms with van der Waals surface area (Å²) in [4.78, 5) is 12.3. The van der Waals surface area contributed by atoms with E-state index >= 15 is 0 Å². The average Bonchev–Trinajstić information content (AvgIpc) is 2.75. The summed E-state index contributed by atoms with van der Waals surface area (Å²) in [5, 5.41) is 33.4. The third kappa shape index (κ3) is 4.69. The Morgan fingerprint density at radius 3 is 2.17 bits per heavy atom. The van der Waals surface area contributed by atoms with Gasteiger partial charge in [0, 0.05) is 18.2 Å². The third-order valence-corrected chi connectivity index (χ3v) is 4.59. The second-order valence-electron chi connectivity index (χ2n) is 6.53. The van der Waals surface area contributed by atoms with Gasteiger partial charge >= 0.3 is 0 Å². The summed E-state index contributed by atoms with van der Waals surface area (Å²) in [6.45, 7) is 0. The molecule has 2 aromatic carbocycles. The van der Waals surface area contributed by atoms with Crippen LogP contribution in [0, 0.1) is 34.0 Å². The van der Waals surface area contributed by atoms with E-state index in [1.54, 1.807) is 36.4 Å². The lowest BCUT2D eigenvalue weighted by atomic mass is 9.85. The highest BCUT2D eigenvalue weighted by molar-refractivity contribution is 5.93. The number of allylic oxidation sites excluding steroid dienone is 4. The van der Waals surface area contributed by atoms with E-state index in [0.29, 0.717) is 24.2 Å². The lowest BCUT2D eigenvalue weighted by Gasteiger charge is -2.24. The second-order valence-corrected chi connectivity index (χ2v) is 6.53. The zero-order valence-corrected chi connectivity index (χ0v) is 15.5. The van der Waals surface area contributed by atoms with E-state index in [-0.39, 0.29) is 23.0 Å². The molecule has 6 heteroatoms. The van der Waals surface area contributed by atoms with E-state index in [1.807, 2.05) is 42.5 Å². The Balaban J connectivity index is 1.85. The number of carbonyl (C=O) groups is 1. The Labute approximate surface area is 169 Å². The van der Waals surface area contributed by atoms with Crippen molar-refractivity contribution in [2.24, 2.45) is 0 Å². The van der Waals surface area contributed by atoms with Crippen LogP contribution in [0.15, 0.2) is 77.6 Å². The Morgan fingerprint density at radius 1 is 0.862 bits per heavy atom. The largest absolute Gasteiger partial charge is 0.357 e. The fourth-order valence-corrected chi connectivity index (χ4v) is 3.23. The van der Waals surface area contributed by atoms with Crippen LogP contribution in [0.3, 0.4) is 0 Å². The van der Waals surface area contributed by atoms with Crippen molar-refractivity contribution in [3.05, 3.63) is 83.2 Å². The molecule has 0 radical (unpaired) electrons. The normalized spacial score (nSPS) is 15.1. The maximum atomic E-state index is 12.3. The minimum absolute atomic E-state index is 0.0481. The van der Waals surface area contributed by atoms with E-state index in [9.17, 15) is 10.1 Å². The number of hydrogen-bond acceptors (Lipinski definition) is 6. The quantitative estimate of drug-likeness (QED) is 0.746. The molecule has 0 saturated heterocycles. The van der Waals surface area contributed by atoms with Gasteiger partial charge in [0.15, 0.2) is 11.4 Å². The number of nitrogens with one attached hydrogen (secondary N) is 2. The summed E-state index contributed by atoms with van der Waals surface area (Å²) in [5.74, 6) is 0.140. The minimum Gasteiger partial charge on any atom is -0.357 e. The molecule has 2 N–H and O–H groups in total. The van der Waals surface area contributed by atoms with E-state index in [0.717, 1.165) is 11.3 Å². The van der Waals surface area contributed by atoms with Gasteiger partial charge in [-0.25, -0.2) is 0 Å². The predicted octanol–water partition coefficient (Wildman–Crippen LogP) is 4.37. The van der Waals surface area contributed by atoms with E-state index in [1.165, 1.54) is 0 Å². The van der Waals surface area contributed by atoms with Gasteiger partial charge in [0.1, 0.15) is 23.9 Å². The molecule has 2 aromatic rings. The van der Waals surface area contributed by atoms with Gasteiger partial charge in [-0.15, -0.1) is 0 Å². The SMILES string of the molecule is N#CC(C#N)=C(C#N)Nc1ccccc1NC1=CC(=O)CC(c2ccccc2)C1. The molecule has 1 atom stereocenters. The Kier molecular flexibility index (Phi) is 6.05. The number of anilines is 2. The summed E-state index contributed by atoms with van der Waals surface area (Å²) < 4.78 is 0. The summed E-state index contributed by atoms with van der Waals surface area (Å²) >= 11 is 0. The van der Waals surface area contributed by atoms with Crippen LogP contribution in [-0.2, 0) is 4.79 Å². The molecule has 0 fully saturated rings. The smallest absolute Gasteiger partial charge is 0.163 e. The molecule has 0 aliphatic heterocycles. The van der Waals surface area contributed by atoms with Gasteiger partial charge in [-0.05, 0) is 30.0 Å². The van der Waals surface area contributed by atoms with Gasteiger partial charge < -0.3 is 10.6 Å². The first-order chi connectivity index (χ1) is 14.1. The molecular formula is C23H17N5O. The molecule has 0 aromatic heterocycles. The van der Waals surface area contributed by atoms with Crippen LogP contribution in [0.25, 0.3) is 0 Å². The first-order valence-electron chi connectivity index (χ1n) is 9.00. The van der Waals surface area contributed by atoms with Crippen molar-refractivity contribution < 1.29 is 4.79 Å². The number of nitrogens with zero attached hydrogens (tertiary/aromatic N) is 3.